The van der Waals surface area contributed by atoms with Gasteiger partial charge in [-0.05, 0) is 38.1 Å². The monoisotopic (exact) mass is 344 g/mol. The molecule has 1 aliphatic carbocycles. The van der Waals surface area contributed by atoms with Gasteiger partial charge in [0.1, 0.15) is 0 Å². The smallest absolute Gasteiger partial charge is 0.0832 e. The Hall–Kier alpha value is -1.48. The Morgan fingerprint density at radius 3 is 2.74 bits per heavy atom. The molecule has 0 aliphatic heterocycles. The van der Waals surface area contributed by atoms with Crippen molar-refractivity contribution in [2.75, 3.05) is 20.6 Å². The minimum atomic E-state index is 0.656. The minimum Gasteiger partial charge on any atom is -0.314 e. The summed E-state index contributed by atoms with van der Waals surface area (Å²) in [6.07, 6.45) is 6.06. The number of hydrogen-bond donors (Lipinski definition) is 0. The molecular weight excluding hydrogens is 327 g/mol. The van der Waals surface area contributed by atoms with Gasteiger partial charge in [0, 0.05) is 23.5 Å². The second kappa shape index (κ2) is 5.55. The van der Waals surface area contributed by atoms with E-state index >= 15 is 0 Å². The largest absolute Gasteiger partial charge is 0.314 e. The first-order valence-electron chi connectivity index (χ1n) is 7.81. The standard InChI is InChI=1S/C19H18Cl2N2/c1-22(2)10-9-15-14-7-8-16(20)17(21)19(14)23-11-12-5-3-4-6-13(12)18(15)23/h3-6,8,11H,7,9-10H2,1-2H3. The van der Waals surface area contributed by atoms with Gasteiger partial charge < -0.3 is 9.30 Å². The van der Waals surface area contributed by atoms with Crippen LogP contribution in [-0.4, -0.2) is 29.9 Å². The van der Waals surface area contributed by atoms with E-state index < -0.39 is 0 Å². The number of rotatable bonds is 3. The molecule has 0 atom stereocenters. The summed E-state index contributed by atoms with van der Waals surface area (Å²) < 4.78 is 2.24. The molecule has 4 heteroatoms. The Morgan fingerprint density at radius 2 is 1.96 bits per heavy atom. The summed E-state index contributed by atoms with van der Waals surface area (Å²) in [5, 5.41) is 4.92. The lowest BCUT2D eigenvalue weighted by Gasteiger charge is -2.11. The molecule has 23 heavy (non-hydrogen) atoms. The Bertz CT molecular complexity index is 996. The van der Waals surface area contributed by atoms with Crippen LogP contribution in [0.3, 0.4) is 0 Å². The van der Waals surface area contributed by atoms with Crippen LogP contribution >= 0.6 is 23.2 Å². The zero-order valence-electron chi connectivity index (χ0n) is 13.2. The summed E-state index contributed by atoms with van der Waals surface area (Å²) in [5.74, 6) is 0. The van der Waals surface area contributed by atoms with E-state index in [1.807, 2.05) is 6.08 Å². The average Bonchev–Trinajstić information content (AvgIpc) is 3.03. The summed E-state index contributed by atoms with van der Waals surface area (Å²) in [5.41, 5.74) is 4.00. The highest BCUT2D eigenvalue weighted by Gasteiger charge is 2.22. The summed E-state index contributed by atoms with van der Waals surface area (Å²) in [6, 6.07) is 8.52. The van der Waals surface area contributed by atoms with Gasteiger partial charge in [-0.1, -0.05) is 53.5 Å². The second-order valence-corrected chi connectivity index (χ2v) is 7.15. The van der Waals surface area contributed by atoms with E-state index in [0.29, 0.717) is 10.1 Å². The highest BCUT2D eigenvalue weighted by molar-refractivity contribution is 6.57. The fourth-order valence-corrected chi connectivity index (χ4v) is 3.98. The van der Waals surface area contributed by atoms with Crippen LogP contribution in [-0.2, 0) is 12.8 Å². The second-order valence-electron chi connectivity index (χ2n) is 6.36. The SMILES string of the molecule is CN(C)CCc1c2c(n3cc4ccccc4c13)=C(Cl)C(Cl)=CC2. The molecule has 0 amide bonds. The molecule has 0 saturated carbocycles. The molecule has 0 fully saturated rings. The van der Waals surface area contributed by atoms with Crippen molar-refractivity contribution in [1.29, 1.82) is 0 Å². The summed E-state index contributed by atoms with van der Waals surface area (Å²) in [6.45, 7) is 1.01. The van der Waals surface area contributed by atoms with Gasteiger partial charge >= 0.3 is 0 Å². The van der Waals surface area contributed by atoms with Crippen LogP contribution in [0.2, 0.25) is 0 Å². The van der Waals surface area contributed by atoms with Gasteiger partial charge in [-0.25, -0.2) is 0 Å². The number of hydrogen-bond acceptors (Lipinski definition) is 1. The van der Waals surface area contributed by atoms with Crippen LogP contribution in [0.25, 0.3) is 21.3 Å². The summed E-state index contributed by atoms with van der Waals surface area (Å²) in [4.78, 5) is 2.22. The maximum Gasteiger partial charge on any atom is 0.0832 e. The van der Waals surface area contributed by atoms with Crippen molar-refractivity contribution in [3.63, 3.8) is 0 Å². The van der Waals surface area contributed by atoms with Crippen molar-refractivity contribution in [3.05, 3.63) is 58.0 Å². The molecule has 0 spiro atoms. The van der Waals surface area contributed by atoms with Gasteiger partial charge in [-0.2, -0.15) is 0 Å². The topological polar surface area (TPSA) is 7.65 Å². The van der Waals surface area contributed by atoms with Crippen LogP contribution in [0.4, 0.5) is 0 Å². The zero-order valence-corrected chi connectivity index (χ0v) is 14.7. The molecule has 0 unspecified atom stereocenters. The van der Waals surface area contributed by atoms with Gasteiger partial charge in [-0.15, -0.1) is 0 Å². The van der Waals surface area contributed by atoms with Crippen LogP contribution in [0.15, 0.2) is 41.6 Å². The molecule has 118 valence electrons. The maximum atomic E-state index is 6.57. The lowest BCUT2D eigenvalue weighted by Crippen LogP contribution is -2.19. The molecule has 0 bridgehead atoms. The van der Waals surface area contributed by atoms with E-state index in [1.54, 1.807) is 0 Å². The Balaban J connectivity index is 2.11. The number of fused-ring (bicyclic) bond motifs is 5. The predicted octanol–water partition coefficient (Wildman–Crippen LogP) is 3.94. The third kappa shape index (κ3) is 2.28. The average molecular weight is 345 g/mol. The van der Waals surface area contributed by atoms with Crippen molar-refractivity contribution in [3.8, 4) is 0 Å². The molecule has 1 aromatic carbocycles. The van der Waals surface area contributed by atoms with Gasteiger partial charge in [0.05, 0.1) is 20.9 Å². The highest BCUT2D eigenvalue weighted by atomic mass is 35.5. The molecular formula is C19H18Cl2N2. The third-order valence-electron chi connectivity index (χ3n) is 4.61. The lowest BCUT2D eigenvalue weighted by molar-refractivity contribution is 0.414. The number of aromatic nitrogens is 1. The van der Waals surface area contributed by atoms with Gasteiger partial charge in [0.15, 0.2) is 0 Å². The Morgan fingerprint density at radius 1 is 1.17 bits per heavy atom. The molecule has 3 aromatic rings. The highest BCUT2D eigenvalue weighted by Crippen LogP contribution is 2.32. The molecule has 4 rings (SSSR count). The van der Waals surface area contributed by atoms with E-state index in [0.717, 1.165) is 24.7 Å². The van der Waals surface area contributed by atoms with Crippen molar-refractivity contribution in [1.82, 2.24) is 9.30 Å². The molecule has 0 radical (unpaired) electrons. The predicted molar refractivity (Wildman–Crippen MR) is 99.3 cm³/mol. The molecule has 2 nitrogen and oxygen atoms in total. The van der Waals surface area contributed by atoms with Crippen LogP contribution in [0.1, 0.15) is 11.1 Å². The summed E-state index contributed by atoms with van der Waals surface area (Å²) in [7, 11) is 4.22. The number of allylic oxidation sites excluding steroid dienone is 2. The quantitative estimate of drug-likeness (QED) is 0.698. The first kappa shape index (κ1) is 15.1. The van der Waals surface area contributed by atoms with E-state index in [1.165, 1.54) is 27.4 Å². The van der Waals surface area contributed by atoms with E-state index in [9.17, 15) is 0 Å². The number of benzene rings is 1. The first-order valence-corrected chi connectivity index (χ1v) is 8.57. The Kier molecular flexibility index (Phi) is 3.64. The van der Waals surface area contributed by atoms with E-state index in [4.69, 9.17) is 23.2 Å². The number of nitrogens with zero attached hydrogens (tertiary/aromatic N) is 2. The van der Waals surface area contributed by atoms with Crippen LogP contribution in [0.5, 0.6) is 0 Å². The van der Waals surface area contributed by atoms with Gasteiger partial charge in [-0.3, -0.25) is 0 Å². The Labute approximate surface area is 145 Å². The number of halogens is 2. The third-order valence-corrected chi connectivity index (χ3v) is 5.44. The van der Waals surface area contributed by atoms with Gasteiger partial charge in [0.2, 0.25) is 0 Å². The zero-order chi connectivity index (χ0) is 16.1. The van der Waals surface area contributed by atoms with Gasteiger partial charge in [0.25, 0.3) is 0 Å². The molecule has 2 aromatic heterocycles. The van der Waals surface area contributed by atoms with E-state index in [2.05, 4.69) is 53.9 Å². The maximum absolute atomic E-state index is 6.57. The normalized spacial score (nSPS) is 14.8. The van der Waals surface area contributed by atoms with E-state index in [-0.39, 0.29) is 0 Å². The fourth-order valence-electron chi connectivity index (χ4n) is 3.53. The fraction of sp³-hybridized carbons (Fsp3) is 0.263. The van der Waals surface area contributed by atoms with Crippen molar-refractivity contribution < 1.29 is 0 Å². The van der Waals surface area contributed by atoms with Crippen molar-refractivity contribution in [2.45, 2.75) is 12.8 Å². The number of likely N-dealkylation sites (N-methyl/N-ethyl adjacent to an activating group) is 1. The van der Waals surface area contributed by atoms with Crippen LogP contribution < -0.4 is 5.35 Å². The van der Waals surface area contributed by atoms with Crippen molar-refractivity contribution in [2.24, 2.45) is 0 Å². The first-order chi connectivity index (χ1) is 11.1. The molecule has 1 aliphatic rings. The lowest BCUT2D eigenvalue weighted by atomic mass is 10.0. The minimum absolute atomic E-state index is 0.656. The molecule has 2 heterocycles. The van der Waals surface area contributed by atoms with Crippen molar-refractivity contribution >= 4 is 44.5 Å². The molecule has 0 saturated heterocycles. The summed E-state index contributed by atoms with van der Waals surface area (Å²) >= 11 is 12.9. The van der Waals surface area contributed by atoms with Crippen LogP contribution in [0, 0.1) is 0 Å². The molecule has 0 N–H and O–H groups in total.